The molecule has 6 heteroatoms. The highest BCUT2D eigenvalue weighted by molar-refractivity contribution is 5.45. The van der Waals surface area contributed by atoms with E-state index < -0.39 is 12.2 Å². The van der Waals surface area contributed by atoms with E-state index in [1.165, 1.54) is 6.07 Å². The van der Waals surface area contributed by atoms with Gasteiger partial charge in [-0.25, -0.2) is 0 Å². The summed E-state index contributed by atoms with van der Waals surface area (Å²) >= 11 is 0. The Bertz CT molecular complexity index is 642. The molecule has 2 atom stereocenters. The monoisotopic (exact) mass is 369 g/mol. The van der Waals surface area contributed by atoms with Gasteiger partial charge in [0.25, 0.3) is 0 Å². The predicted molar refractivity (Wildman–Crippen MR) is 95.7 cm³/mol. The van der Waals surface area contributed by atoms with Gasteiger partial charge >= 0.3 is 6.61 Å². The van der Waals surface area contributed by atoms with E-state index in [-0.39, 0.29) is 23.1 Å². The molecule has 0 radical (unpaired) electrons. The Morgan fingerprint density at radius 2 is 1.96 bits per heavy atom. The lowest BCUT2D eigenvalue weighted by Crippen LogP contribution is -2.44. The molecule has 1 aliphatic heterocycles. The zero-order valence-corrected chi connectivity index (χ0v) is 16.0. The summed E-state index contributed by atoms with van der Waals surface area (Å²) in [5, 5.41) is 11.3. The molecule has 1 aromatic carbocycles. The van der Waals surface area contributed by atoms with Crippen LogP contribution in [0, 0.1) is 5.92 Å². The third-order valence-corrected chi connectivity index (χ3v) is 5.33. The van der Waals surface area contributed by atoms with Gasteiger partial charge in [0.15, 0.2) is 11.5 Å². The van der Waals surface area contributed by atoms with Gasteiger partial charge in [-0.15, -0.1) is 0 Å². The maximum absolute atomic E-state index is 12.7. The number of rotatable bonds is 6. The van der Waals surface area contributed by atoms with Crippen LogP contribution in [0.15, 0.2) is 18.2 Å². The number of alkyl halides is 2. The molecule has 1 saturated heterocycles. The molecule has 1 saturated carbocycles. The topological polar surface area (TPSA) is 41.9 Å². The predicted octanol–water partition coefficient (Wildman–Crippen LogP) is 4.16. The van der Waals surface area contributed by atoms with Crippen molar-refractivity contribution >= 4 is 0 Å². The summed E-state index contributed by atoms with van der Waals surface area (Å²) in [7, 11) is 0. The summed E-state index contributed by atoms with van der Waals surface area (Å²) in [6.07, 6.45) is 2.79. The van der Waals surface area contributed by atoms with E-state index >= 15 is 0 Å². The van der Waals surface area contributed by atoms with E-state index in [0.29, 0.717) is 31.1 Å². The fraction of sp³-hybridized carbons (Fsp3) is 0.700. The molecule has 0 amide bonds. The molecule has 4 nitrogen and oxygen atoms in total. The zero-order chi connectivity index (χ0) is 19.1. The first-order valence-electron chi connectivity index (χ1n) is 9.30. The quantitative estimate of drug-likeness (QED) is 0.818. The minimum Gasteiger partial charge on any atom is -0.489 e. The second-order valence-electron chi connectivity index (χ2n) is 8.68. The average molecular weight is 369 g/mol. The van der Waals surface area contributed by atoms with Crippen molar-refractivity contribution in [1.29, 1.82) is 0 Å². The van der Waals surface area contributed by atoms with Crippen molar-refractivity contribution in [3.63, 3.8) is 0 Å². The number of hydrogen-bond donors (Lipinski definition) is 1. The number of benzene rings is 1. The van der Waals surface area contributed by atoms with Crippen molar-refractivity contribution in [3.05, 3.63) is 23.8 Å². The van der Waals surface area contributed by atoms with Crippen molar-refractivity contribution in [3.8, 4) is 11.5 Å². The van der Waals surface area contributed by atoms with Crippen molar-refractivity contribution in [2.45, 2.75) is 70.8 Å². The summed E-state index contributed by atoms with van der Waals surface area (Å²) in [6, 6.07) is 5.03. The number of hydrogen-bond acceptors (Lipinski definition) is 4. The minimum atomic E-state index is -2.91. The zero-order valence-electron chi connectivity index (χ0n) is 16.0. The average Bonchev–Trinajstić information content (AvgIpc) is 3.28. The number of likely N-dealkylation sites (tertiary alicyclic amines) is 1. The van der Waals surface area contributed by atoms with Crippen LogP contribution in [0.1, 0.15) is 52.5 Å². The first kappa shape index (κ1) is 19.4. The third-order valence-electron chi connectivity index (χ3n) is 5.33. The molecule has 0 unspecified atom stereocenters. The summed E-state index contributed by atoms with van der Waals surface area (Å²) < 4.78 is 35.7. The highest BCUT2D eigenvalue weighted by Crippen LogP contribution is 2.42. The first-order chi connectivity index (χ1) is 12.1. The Hall–Kier alpha value is -1.40. The van der Waals surface area contributed by atoms with Crippen LogP contribution in [-0.4, -0.2) is 41.4 Å². The molecule has 146 valence electrons. The fourth-order valence-corrected chi connectivity index (χ4v) is 3.80. The van der Waals surface area contributed by atoms with E-state index in [0.717, 1.165) is 12.8 Å². The van der Waals surface area contributed by atoms with Crippen LogP contribution in [0.3, 0.4) is 0 Å². The van der Waals surface area contributed by atoms with E-state index in [4.69, 9.17) is 4.74 Å². The number of halogens is 2. The number of nitrogens with zero attached hydrogens (tertiary/aromatic N) is 1. The molecule has 1 N–H and O–H groups in total. The van der Waals surface area contributed by atoms with Crippen LogP contribution in [0.2, 0.25) is 0 Å². The molecule has 1 aliphatic carbocycles. The van der Waals surface area contributed by atoms with E-state index in [1.54, 1.807) is 12.1 Å². The Morgan fingerprint density at radius 3 is 2.50 bits per heavy atom. The molecule has 1 aromatic rings. The van der Waals surface area contributed by atoms with E-state index in [1.807, 2.05) is 0 Å². The highest BCUT2D eigenvalue weighted by atomic mass is 19.3. The van der Waals surface area contributed by atoms with Gasteiger partial charge in [0.1, 0.15) is 5.60 Å². The molecular formula is C20H29F2NO3. The van der Waals surface area contributed by atoms with Gasteiger partial charge in [-0.1, -0.05) is 6.07 Å². The Balaban J connectivity index is 1.85. The smallest absolute Gasteiger partial charge is 0.387 e. The molecule has 3 rings (SSSR count). The standard InChI is InChI=1S/C20H29F2NO3/c1-13-10-20(24,12-23(13)19(2,3)4)15-7-8-16(26-18(21)22)17(9-15)25-11-14-5-6-14/h7-9,13-14,18,24H,5-6,10-12H2,1-4H3/t13-,20-/m0/s1. The SMILES string of the molecule is C[C@H]1C[C@@](O)(c2ccc(OC(F)F)c(OCC3CC3)c2)CN1C(C)(C)C. The molecule has 0 bridgehead atoms. The van der Waals surface area contributed by atoms with Gasteiger partial charge < -0.3 is 14.6 Å². The largest absolute Gasteiger partial charge is 0.489 e. The van der Waals surface area contributed by atoms with Crippen LogP contribution in [-0.2, 0) is 5.60 Å². The number of β-amino-alcohol motifs (C(OH)–C–C–N with tert-alkyl or cyclic N) is 1. The van der Waals surface area contributed by atoms with Gasteiger partial charge in [0, 0.05) is 18.1 Å². The van der Waals surface area contributed by atoms with Crippen molar-refractivity contribution in [1.82, 2.24) is 4.90 Å². The first-order valence-corrected chi connectivity index (χ1v) is 9.30. The minimum absolute atomic E-state index is 0.0201. The maximum Gasteiger partial charge on any atom is 0.387 e. The van der Waals surface area contributed by atoms with E-state index in [9.17, 15) is 13.9 Å². The molecule has 1 heterocycles. The van der Waals surface area contributed by atoms with Gasteiger partial charge in [0.2, 0.25) is 0 Å². The van der Waals surface area contributed by atoms with Crippen LogP contribution in [0.5, 0.6) is 11.5 Å². The van der Waals surface area contributed by atoms with Crippen molar-refractivity contribution in [2.24, 2.45) is 5.92 Å². The van der Waals surface area contributed by atoms with Crippen LogP contribution >= 0.6 is 0 Å². The van der Waals surface area contributed by atoms with Gasteiger partial charge in [0.05, 0.1) is 6.61 Å². The second-order valence-corrected chi connectivity index (χ2v) is 8.68. The molecule has 0 aromatic heterocycles. The number of aliphatic hydroxyl groups is 1. The summed E-state index contributed by atoms with van der Waals surface area (Å²) in [5.41, 5.74) is -0.412. The van der Waals surface area contributed by atoms with E-state index in [2.05, 4.69) is 37.3 Å². The lowest BCUT2D eigenvalue weighted by Gasteiger charge is -2.36. The molecule has 2 fully saturated rings. The number of ether oxygens (including phenoxy) is 2. The third kappa shape index (κ3) is 4.29. The Kier molecular flexibility index (Phi) is 5.19. The lowest BCUT2D eigenvalue weighted by atomic mass is 9.91. The fourth-order valence-electron chi connectivity index (χ4n) is 3.80. The summed E-state index contributed by atoms with van der Waals surface area (Å²) in [6.45, 7) is 6.55. The van der Waals surface area contributed by atoms with Crippen molar-refractivity contribution < 1.29 is 23.4 Å². The van der Waals surface area contributed by atoms with Gasteiger partial charge in [-0.05, 0) is 70.6 Å². The highest BCUT2D eigenvalue weighted by Gasteiger charge is 2.45. The normalized spacial score (nSPS) is 27.2. The van der Waals surface area contributed by atoms with Crippen LogP contribution in [0.25, 0.3) is 0 Å². The Labute approximate surface area is 154 Å². The van der Waals surface area contributed by atoms with Crippen LogP contribution < -0.4 is 9.47 Å². The summed E-state index contributed by atoms with van der Waals surface area (Å²) in [4.78, 5) is 2.27. The molecule has 2 aliphatic rings. The molecular weight excluding hydrogens is 340 g/mol. The van der Waals surface area contributed by atoms with Gasteiger partial charge in [-0.3, -0.25) is 4.90 Å². The van der Waals surface area contributed by atoms with Crippen LogP contribution in [0.4, 0.5) is 8.78 Å². The molecule has 26 heavy (non-hydrogen) atoms. The van der Waals surface area contributed by atoms with Crippen molar-refractivity contribution in [2.75, 3.05) is 13.2 Å². The second kappa shape index (κ2) is 6.97. The summed E-state index contributed by atoms with van der Waals surface area (Å²) in [5.74, 6) is 0.792. The molecule has 0 spiro atoms. The Morgan fingerprint density at radius 1 is 1.27 bits per heavy atom. The maximum atomic E-state index is 12.7. The lowest BCUT2D eigenvalue weighted by molar-refractivity contribution is -0.0516. The van der Waals surface area contributed by atoms with Gasteiger partial charge in [-0.2, -0.15) is 8.78 Å².